The predicted molar refractivity (Wildman–Crippen MR) is 103 cm³/mol. The Hall–Kier alpha value is -3.33. The summed E-state index contributed by atoms with van der Waals surface area (Å²) in [5, 5.41) is 4.81. The highest BCUT2D eigenvalue weighted by Gasteiger charge is 2.15. The number of nitrogens with one attached hydrogen (secondary N) is 1. The van der Waals surface area contributed by atoms with Crippen LogP contribution in [-0.4, -0.2) is 17.1 Å². The van der Waals surface area contributed by atoms with Crippen molar-refractivity contribution in [3.8, 4) is 17.1 Å². The number of hydrogen-bond acceptors (Lipinski definition) is 2. The van der Waals surface area contributed by atoms with Gasteiger partial charge in [0.25, 0.3) is 0 Å². The Morgan fingerprint density at radius 3 is 2.08 bits per heavy atom. The zero-order valence-electron chi connectivity index (χ0n) is 13.8. The van der Waals surface area contributed by atoms with Crippen molar-refractivity contribution in [2.75, 3.05) is 7.11 Å². The summed E-state index contributed by atoms with van der Waals surface area (Å²) < 4.78 is 5.51. The first-order valence-corrected chi connectivity index (χ1v) is 8.29. The van der Waals surface area contributed by atoms with Crippen LogP contribution in [0, 0.1) is 0 Å². The summed E-state index contributed by atoms with van der Waals surface area (Å²) in [5.41, 5.74) is 3.03. The molecule has 0 saturated carbocycles. The number of aromatic amines is 1. The molecule has 0 spiro atoms. The molecular weight excluding hydrogens is 308 g/mol. The van der Waals surface area contributed by atoms with Crippen molar-refractivity contribution in [1.29, 1.82) is 0 Å². The van der Waals surface area contributed by atoms with Crippen molar-refractivity contribution in [3.63, 3.8) is 0 Å². The third-order valence-corrected chi connectivity index (χ3v) is 4.73. The molecule has 1 N–H and O–H groups in total. The highest BCUT2D eigenvalue weighted by atomic mass is 16.5. The van der Waals surface area contributed by atoms with Crippen LogP contribution in [0.4, 0.5) is 0 Å². The quantitative estimate of drug-likeness (QED) is 0.433. The molecule has 25 heavy (non-hydrogen) atoms. The van der Waals surface area contributed by atoms with Gasteiger partial charge in [-0.1, -0.05) is 60.7 Å². The van der Waals surface area contributed by atoms with Crippen molar-refractivity contribution < 1.29 is 4.74 Å². The third-order valence-electron chi connectivity index (χ3n) is 4.73. The summed E-state index contributed by atoms with van der Waals surface area (Å²) in [6.45, 7) is 0. The van der Waals surface area contributed by atoms with E-state index in [1.54, 1.807) is 7.11 Å². The molecule has 5 rings (SSSR count). The smallest absolute Gasteiger partial charge is 0.142 e. The molecule has 0 bridgehead atoms. The van der Waals surface area contributed by atoms with Gasteiger partial charge in [0.05, 0.1) is 23.7 Å². The number of fused-ring (bicyclic) bond motifs is 6. The van der Waals surface area contributed by atoms with Crippen LogP contribution in [0.1, 0.15) is 0 Å². The average molecular weight is 324 g/mol. The first-order valence-electron chi connectivity index (χ1n) is 8.29. The minimum Gasteiger partial charge on any atom is -0.496 e. The molecule has 0 fully saturated rings. The summed E-state index contributed by atoms with van der Waals surface area (Å²) >= 11 is 0. The molecule has 0 aliphatic carbocycles. The van der Waals surface area contributed by atoms with Gasteiger partial charge in [-0.15, -0.1) is 0 Å². The Balaban J connectivity index is 1.94. The van der Waals surface area contributed by atoms with Gasteiger partial charge in [-0.3, -0.25) is 0 Å². The summed E-state index contributed by atoms with van der Waals surface area (Å²) in [5.74, 6) is 1.64. The molecule has 4 aromatic carbocycles. The van der Waals surface area contributed by atoms with Gasteiger partial charge in [0.15, 0.2) is 0 Å². The number of aromatic nitrogens is 2. The van der Waals surface area contributed by atoms with Crippen LogP contribution in [0.5, 0.6) is 5.75 Å². The molecule has 0 atom stereocenters. The summed E-state index contributed by atoms with van der Waals surface area (Å²) in [6.07, 6.45) is 0. The lowest BCUT2D eigenvalue weighted by molar-refractivity contribution is 0.416. The third kappa shape index (κ3) is 2.02. The van der Waals surface area contributed by atoms with Crippen molar-refractivity contribution in [2.45, 2.75) is 0 Å². The van der Waals surface area contributed by atoms with Crippen LogP contribution < -0.4 is 4.74 Å². The SMILES string of the molecule is COc1ccccc1-c1nc2c3ccccc3c3ccccc3c2[nH]1. The Bertz CT molecular complexity index is 1160. The summed E-state index contributed by atoms with van der Waals surface area (Å²) in [7, 11) is 1.69. The molecule has 0 saturated heterocycles. The molecular formula is C22H16N2O. The van der Waals surface area contributed by atoms with E-state index in [4.69, 9.17) is 9.72 Å². The maximum atomic E-state index is 5.51. The molecule has 120 valence electrons. The van der Waals surface area contributed by atoms with Gasteiger partial charge in [-0.05, 0) is 22.9 Å². The minimum absolute atomic E-state index is 0.815. The van der Waals surface area contributed by atoms with E-state index in [0.29, 0.717) is 0 Å². The monoisotopic (exact) mass is 324 g/mol. The molecule has 0 amide bonds. The lowest BCUT2D eigenvalue weighted by Gasteiger charge is -2.05. The number of benzene rings is 4. The average Bonchev–Trinajstić information content (AvgIpc) is 3.14. The van der Waals surface area contributed by atoms with Gasteiger partial charge >= 0.3 is 0 Å². The predicted octanol–water partition coefficient (Wildman–Crippen LogP) is 5.54. The van der Waals surface area contributed by atoms with Gasteiger partial charge < -0.3 is 9.72 Å². The first-order chi connectivity index (χ1) is 12.4. The number of H-pyrrole nitrogens is 1. The number of methoxy groups -OCH3 is 1. The number of hydrogen-bond donors (Lipinski definition) is 1. The van der Waals surface area contributed by atoms with E-state index in [1.165, 1.54) is 16.2 Å². The normalized spacial score (nSPS) is 11.4. The fourth-order valence-corrected chi connectivity index (χ4v) is 3.59. The molecule has 0 aliphatic heterocycles. The van der Waals surface area contributed by atoms with Crippen LogP contribution in [0.3, 0.4) is 0 Å². The van der Waals surface area contributed by atoms with Crippen LogP contribution in [0.2, 0.25) is 0 Å². The van der Waals surface area contributed by atoms with Gasteiger partial charge in [0, 0.05) is 10.8 Å². The summed E-state index contributed by atoms with van der Waals surface area (Å²) in [6, 6.07) is 24.9. The van der Waals surface area contributed by atoms with Crippen molar-refractivity contribution >= 4 is 32.6 Å². The zero-order chi connectivity index (χ0) is 16.8. The van der Waals surface area contributed by atoms with E-state index in [9.17, 15) is 0 Å². The van der Waals surface area contributed by atoms with E-state index in [1.807, 2.05) is 24.3 Å². The van der Waals surface area contributed by atoms with Gasteiger partial charge in [0.1, 0.15) is 11.6 Å². The number of imidazole rings is 1. The molecule has 0 aliphatic rings. The van der Waals surface area contributed by atoms with Gasteiger partial charge in [-0.2, -0.15) is 0 Å². The van der Waals surface area contributed by atoms with Crippen molar-refractivity contribution in [2.24, 2.45) is 0 Å². The van der Waals surface area contributed by atoms with E-state index in [-0.39, 0.29) is 0 Å². The minimum atomic E-state index is 0.815. The van der Waals surface area contributed by atoms with Gasteiger partial charge in [-0.25, -0.2) is 4.98 Å². The second-order valence-corrected chi connectivity index (χ2v) is 6.10. The van der Waals surface area contributed by atoms with Crippen LogP contribution in [0.15, 0.2) is 72.8 Å². The molecule has 0 radical (unpaired) electrons. The number of para-hydroxylation sites is 1. The largest absolute Gasteiger partial charge is 0.496 e. The number of ether oxygens (including phenoxy) is 1. The molecule has 1 aromatic heterocycles. The lowest BCUT2D eigenvalue weighted by atomic mass is 10.0. The van der Waals surface area contributed by atoms with Crippen molar-refractivity contribution in [1.82, 2.24) is 9.97 Å². The Kier molecular flexibility index (Phi) is 3.01. The number of nitrogens with zero attached hydrogens (tertiary/aromatic N) is 1. The molecule has 1 heterocycles. The lowest BCUT2D eigenvalue weighted by Crippen LogP contribution is -1.88. The second-order valence-electron chi connectivity index (χ2n) is 6.10. The topological polar surface area (TPSA) is 37.9 Å². The van der Waals surface area contributed by atoms with Crippen molar-refractivity contribution in [3.05, 3.63) is 72.8 Å². The molecule has 3 heteroatoms. The van der Waals surface area contributed by atoms with Gasteiger partial charge in [0.2, 0.25) is 0 Å². The zero-order valence-corrected chi connectivity index (χ0v) is 13.8. The standard InChI is InChI=1S/C22H16N2O/c1-25-19-13-7-6-12-18(19)22-23-20-16-10-4-2-8-14(16)15-9-3-5-11-17(15)21(20)24-22/h2-13H,1H3,(H,23,24). The summed E-state index contributed by atoms with van der Waals surface area (Å²) in [4.78, 5) is 8.46. The fourth-order valence-electron chi connectivity index (χ4n) is 3.59. The Morgan fingerprint density at radius 1 is 0.720 bits per heavy atom. The second kappa shape index (κ2) is 5.35. The molecule has 0 unspecified atom stereocenters. The highest BCUT2D eigenvalue weighted by molar-refractivity contribution is 6.23. The Labute approximate surface area is 144 Å². The maximum absolute atomic E-state index is 5.51. The number of rotatable bonds is 2. The van der Waals surface area contributed by atoms with Crippen LogP contribution in [-0.2, 0) is 0 Å². The van der Waals surface area contributed by atoms with E-state index >= 15 is 0 Å². The van der Waals surface area contributed by atoms with E-state index < -0.39 is 0 Å². The Morgan fingerprint density at radius 2 is 1.32 bits per heavy atom. The highest BCUT2D eigenvalue weighted by Crippen LogP contribution is 2.36. The fraction of sp³-hybridized carbons (Fsp3) is 0.0455. The first kappa shape index (κ1) is 14.1. The molecule has 3 nitrogen and oxygen atoms in total. The van der Waals surface area contributed by atoms with Crippen LogP contribution >= 0.6 is 0 Å². The van der Waals surface area contributed by atoms with E-state index in [0.717, 1.165) is 33.6 Å². The van der Waals surface area contributed by atoms with E-state index in [2.05, 4.69) is 53.5 Å². The maximum Gasteiger partial charge on any atom is 0.142 e. The molecule has 5 aromatic rings. The van der Waals surface area contributed by atoms with Crippen LogP contribution in [0.25, 0.3) is 44.0 Å².